The van der Waals surface area contributed by atoms with Gasteiger partial charge in [0.05, 0.1) is 25.5 Å². The van der Waals surface area contributed by atoms with Gasteiger partial charge in [0.25, 0.3) is 11.8 Å². The van der Waals surface area contributed by atoms with Crippen molar-refractivity contribution < 1.29 is 19.1 Å². The molecule has 6 nitrogen and oxygen atoms in total. The summed E-state index contributed by atoms with van der Waals surface area (Å²) in [5, 5.41) is 3.62. The molecule has 1 aliphatic heterocycles. The Hall–Kier alpha value is -3.77. The Morgan fingerprint density at radius 3 is 2.09 bits per heavy atom. The van der Waals surface area contributed by atoms with Crippen LogP contribution < -0.4 is 19.7 Å². The number of halogens is 1. The van der Waals surface area contributed by atoms with E-state index in [0.29, 0.717) is 39.0 Å². The van der Waals surface area contributed by atoms with Crippen molar-refractivity contribution in [2.45, 2.75) is 13.8 Å². The summed E-state index contributed by atoms with van der Waals surface area (Å²) in [7, 11) is 3.09. The highest BCUT2D eigenvalue weighted by Crippen LogP contribution is 2.37. The molecule has 1 aliphatic rings. The second-order valence-corrected chi connectivity index (χ2v) is 8.08. The lowest BCUT2D eigenvalue weighted by molar-refractivity contribution is -0.120. The maximum Gasteiger partial charge on any atom is 0.282 e. The number of methoxy groups -OCH3 is 2. The van der Waals surface area contributed by atoms with Crippen molar-refractivity contribution in [3.05, 3.63) is 88.1 Å². The van der Waals surface area contributed by atoms with Crippen molar-refractivity contribution in [3.63, 3.8) is 0 Å². The smallest absolute Gasteiger partial charge is 0.282 e. The van der Waals surface area contributed by atoms with Gasteiger partial charge in [-0.2, -0.15) is 0 Å². The molecule has 7 heteroatoms. The van der Waals surface area contributed by atoms with Gasteiger partial charge >= 0.3 is 0 Å². The maximum absolute atomic E-state index is 13.6. The number of imide groups is 1. The second-order valence-electron chi connectivity index (χ2n) is 7.67. The van der Waals surface area contributed by atoms with Crippen LogP contribution in [0.15, 0.2) is 66.4 Å². The third-order valence-electron chi connectivity index (χ3n) is 5.52. The van der Waals surface area contributed by atoms with Crippen LogP contribution in [0.4, 0.5) is 11.4 Å². The molecule has 0 unspecified atom stereocenters. The summed E-state index contributed by atoms with van der Waals surface area (Å²) in [4.78, 5) is 28.4. The zero-order valence-corrected chi connectivity index (χ0v) is 19.5. The molecule has 168 valence electrons. The Kier molecular flexibility index (Phi) is 6.11. The number of aryl methyl sites for hydroxylation is 1. The fraction of sp³-hybridized carbons (Fsp3) is 0.154. The molecule has 0 fully saturated rings. The number of amides is 2. The highest BCUT2D eigenvalue weighted by molar-refractivity contribution is 6.46. The molecule has 0 saturated carbocycles. The van der Waals surface area contributed by atoms with Crippen LogP contribution in [0.1, 0.15) is 16.7 Å². The molecule has 1 heterocycles. The zero-order valence-electron chi connectivity index (χ0n) is 18.7. The van der Waals surface area contributed by atoms with Gasteiger partial charge in [-0.15, -0.1) is 0 Å². The number of hydrogen-bond donors (Lipinski definition) is 1. The Morgan fingerprint density at radius 1 is 0.848 bits per heavy atom. The first kappa shape index (κ1) is 22.4. The van der Waals surface area contributed by atoms with Crippen molar-refractivity contribution in [2.75, 3.05) is 24.4 Å². The molecule has 33 heavy (non-hydrogen) atoms. The number of nitrogens with zero attached hydrogens (tertiary/aromatic N) is 1. The molecule has 0 saturated heterocycles. The summed E-state index contributed by atoms with van der Waals surface area (Å²) in [6.07, 6.45) is 0. The van der Waals surface area contributed by atoms with Crippen LogP contribution in [-0.4, -0.2) is 26.0 Å². The molecule has 0 bridgehead atoms. The Balaban J connectivity index is 1.86. The fourth-order valence-corrected chi connectivity index (χ4v) is 3.88. The van der Waals surface area contributed by atoms with E-state index in [1.165, 1.54) is 0 Å². The van der Waals surface area contributed by atoms with Crippen molar-refractivity contribution in [3.8, 4) is 11.5 Å². The summed E-state index contributed by atoms with van der Waals surface area (Å²) in [5.74, 6) is 0.205. The van der Waals surface area contributed by atoms with Crippen LogP contribution in [-0.2, 0) is 9.59 Å². The van der Waals surface area contributed by atoms with Crippen LogP contribution in [0.3, 0.4) is 0 Å². The van der Waals surface area contributed by atoms with Gasteiger partial charge in [0.2, 0.25) is 0 Å². The average molecular weight is 463 g/mol. The third kappa shape index (κ3) is 4.17. The van der Waals surface area contributed by atoms with E-state index < -0.39 is 11.8 Å². The number of ether oxygens (including phenoxy) is 2. The molecule has 3 aromatic carbocycles. The first-order valence-electron chi connectivity index (χ1n) is 10.3. The molecule has 0 spiro atoms. The Labute approximate surface area is 197 Å². The van der Waals surface area contributed by atoms with E-state index in [1.54, 1.807) is 57.5 Å². The molecule has 0 radical (unpaired) electrons. The number of benzene rings is 3. The van der Waals surface area contributed by atoms with E-state index in [-0.39, 0.29) is 11.3 Å². The van der Waals surface area contributed by atoms with Crippen LogP contribution in [0.2, 0.25) is 5.02 Å². The molecular weight excluding hydrogens is 440 g/mol. The molecule has 2 amide bonds. The van der Waals surface area contributed by atoms with Crippen LogP contribution >= 0.6 is 11.6 Å². The molecule has 3 aromatic rings. The van der Waals surface area contributed by atoms with Gasteiger partial charge in [-0.05, 0) is 37.1 Å². The van der Waals surface area contributed by atoms with E-state index in [4.69, 9.17) is 21.1 Å². The first-order valence-corrected chi connectivity index (χ1v) is 10.7. The maximum atomic E-state index is 13.6. The highest BCUT2D eigenvalue weighted by atomic mass is 35.5. The fourth-order valence-electron chi connectivity index (χ4n) is 3.71. The van der Waals surface area contributed by atoms with Crippen molar-refractivity contribution >= 4 is 40.4 Å². The Bertz CT molecular complexity index is 1260. The van der Waals surface area contributed by atoms with E-state index in [9.17, 15) is 9.59 Å². The molecule has 0 aromatic heterocycles. The van der Waals surface area contributed by atoms with Crippen LogP contribution in [0, 0.1) is 13.8 Å². The lowest BCUT2D eigenvalue weighted by Gasteiger charge is -2.18. The molecule has 0 atom stereocenters. The normalized spacial score (nSPS) is 13.5. The summed E-state index contributed by atoms with van der Waals surface area (Å²) in [5.41, 5.74) is 3.77. The first-order chi connectivity index (χ1) is 15.8. The minimum absolute atomic E-state index is 0.165. The van der Waals surface area contributed by atoms with E-state index >= 15 is 0 Å². The van der Waals surface area contributed by atoms with Gasteiger partial charge < -0.3 is 14.8 Å². The van der Waals surface area contributed by atoms with Crippen LogP contribution in [0.5, 0.6) is 11.5 Å². The van der Waals surface area contributed by atoms with E-state index in [1.807, 2.05) is 31.2 Å². The van der Waals surface area contributed by atoms with Crippen molar-refractivity contribution in [1.29, 1.82) is 0 Å². The van der Waals surface area contributed by atoms with Crippen molar-refractivity contribution in [1.82, 2.24) is 0 Å². The minimum atomic E-state index is -0.470. The summed E-state index contributed by atoms with van der Waals surface area (Å²) in [6, 6.07) is 17.8. The minimum Gasteiger partial charge on any atom is -0.497 e. The van der Waals surface area contributed by atoms with Gasteiger partial charge in [0.15, 0.2) is 0 Å². The van der Waals surface area contributed by atoms with Crippen molar-refractivity contribution in [2.24, 2.45) is 0 Å². The van der Waals surface area contributed by atoms with Gasteiger partial charge in [0, 0.05) is 28.9 Å². The quantitative estimate of drug-likeness (QED) is 0.499. The lowest BCUT2D eigenvalue weighted by Crippen LogP contribution is -2.33. The van der Waals surface area contributed by atoms with E-state index in [2.05, 4.69) is 5.32 Å². The monoisotopic (exact) mass is 462 g/mol. The van der Waals surface area contributed by atoms with Gasteiger partial charge in [-0.3, -0.25) is 9.59 Å². The average Bonchev–Trinajstić information content (AvgIpc) is 3.05. The van der Waals surface area contributed by atoms with Crippen LogP contribution in [0.25, 0.3) is 5.57 Å². The summed E-state index contributed by atoms with van der Waals surface area (Å²) >= 11 is 6.29. The lowest BCUT2D eigenvalue weighted by atomic mass is 10.0. The largest absolute Gasteiger partial charge is 0.497 e. The molecule has 4 rings (SSSR count). The molecule has 0 aliphatic carbocycles. The number of hydrogen-bond acceptors (Lipinski definition) is 5. The topological polar surface area (TPSA) is 67.9 Å². The predicted octanol–water partition coefficient (Wildman–Crippen LogP) is 5.37. The molecular formula is C26H23ClN2O4. The molecule has 1 N–H and O–H groups in total. The second kappa shape index (κ2) is 9.00. The Morgan fingerprint density at radius 2 is 1.48 bits per heavy atom. The summed E-state index contributed by atoms with van der Waals surface area (Å²) < 4.78 is 10.7. The van der Waals surface area contributed by atoms with Gasteiger partial charge in [0.1, 0.15) is 17.2 Å². The number of carbonyl (C=O) groups is 2. The third-order valence-corrected chi connectivity index (χ3v) is 5.93. The van der Waals surface area contributed by atoms with Gasteiger partial charge in [-0.25, -0.2) is 4.90 Å². The standard InChI is InChI=1S/C26H23ClN2O4/c1-15-8-10-17(11-9-15)23-24(28-18-12-19(32-3)14-20(13-18)33-4)26(31)29(25(23)30)22-7-5-6-21(27)16(22)2/h5-14,28H,1-4H3. The number of anilines is 2. The number of nitrogens with one attached hydrogen (secondary N) is 1. The SMILES string of the molecule is COc1cc(NC2=C(c3ccc(C)cc3)C(=O)N(c3cccc(Cl)c3C)C2=O)cc(OC)c1. The number of rotatable bonds is 6. The van der Waals surface area contributed by atoms with E-state index in [0.717, 1.165) is 10.5 Å². The summed E-state index contributed by atoms with van der Waals surface area (Å²) in [6.45, 7) is 3.74. The predicted molar refractivity (Wildman–Crippen MR) is 130 cm³/mol. The highest BCUT2D eigenvalue weighted by Gasteiger charge is 2.41. The zero-order chi connectivity index (χ0) is 23.7. The number of carbonyl (C=O) groups excluding carboxylic acids is 2. The van der Waals surface area contributed by atoms with Gasteiger partial charge in [-0.1, -0.05) is 47.5 Å².